The third kappa shape index (κ3) is 2.93. The van der Waals surface area contributed by atoms with Gasteiger partial charge < -0.3 is 9.72 Å². The van der Waals surface area contributed by atoms with Crippen molar-refractivity contribution in [2.75, 3.05) is 6.61 Å². The lowest BCUT2D eigenvalue weighted by Crippen LogP contribution is -2.02. The molecule has 0 unspecified atom stereocenters. The number of benzene rings is 1. The van der Waals surface area contributed by atoms with Crippen LogP contribution in [0, 0.1) is 0 Å². The molecule has 5 heteroatoms. The van der Waals surface area contributed by atoms with Crippen LogP contribution in [0.3, 0.4) is 0 Å². The summed E-state index contributed by atoms with van der Waals surface area (Å²) in [6.07, 6.45) is 2.47. The summed E-state index contributed by atoms with van der Waals surface area (Å²) in [5.41, 5.74) is 1.67. The molecule has 3 rings (SSSR count). The molecule has 2 heterocycles. The van der Waals surface area contributed by atoms with Crippen molar-refractivity contribution in [3.8, 4) is 5.75 Å². The largest absolute Gasteiger partial charge is 0.493 e. The molecule has 0 radical (unpaired) electrons. The van der Waals surface area contributed by atoms with Crippen molar-refractivity contribution in [1.82, 2.24) is 15.0 Å². The smallest absolute Gasteiger partial charge is 0.177 e. The first kappa shape index (κ1) is 12.2. The van der Waals surface area contributed by atoms with E-state index in [1.165, 1.54) is 0 Å². The van der Waals surface area contributed by atoms with E-state index in [0.29, 0.717) is 6.61 Å². The van der Waals surface area contributed by atoms with Crippen LogP contribution in [-0.2, 0) is 6.42 Å². The quantitative estimate of drug-likeness (QED) is 0.803. The van der Waals surface area contributed by atoms with Crippen LogP contribution in [0.4, 0.5) is 0 Å². The van der Waals surface area contributed by atoms with Gasteiger partial charge in [0.1, 0.15) is 11.6 Å². The van der Waals surface area contributed by atoms with Gasteiger partial charge in [-0.25, -0.2) is 9.97 Å². The lowest BCUT2D eigenvalue weighted by molar-refractivity contribution is 0.319. The van der Waals surface area contributed by atoms with Crippen LogP contribution in [0.1, 0.15) is 5.82 Å². The average molecular weight is 318 g/mol. The van der Waals surface area contributed by atoms with E-state index >= 15 is 0 Å². The van der Waals surface area contributed by atoms with Crippen LogP contribution in [0.15, 0.2) is 47.1 Å². The predicted molar refractivity (Wildman–Crippen MR) is 77.2 cm³/mol. The molecule has 1 N–H and O–H groups in total. The van der Waals surface area contributed by atoms with Gasteiger partial charge in [-0.05, 0) is 34.1 Å². The Morgan fingerprint density at radius 1 is 1.21 bits per heavy atom. The number of nitrogens with one attached hydrogen (secondary N) is 1. The fraction of sp³-hybridized carbons (Fsp3) is 0.143. The summed E-state index contributed by atoms with van der Waals surface area (Å²) in [5.74, 6) is 1.76. The van der Waals surface area contributed by atoms with Crippen molar-refractivity contribution in [3.05, 3.63) is 52.9 Å². The second-order valence-corrected chi connectivity index (χ2v) is 5.04. The third-order valence-electron chi connectivity index (χ3n) is 2.70. The molecule has 0 bridgehead atoms. The van der Waals surface area contributed by atoms with E-state index in [0.717, 1.165) is 33.6 Å². The van der Waals surface area contributed by atoms with Gasteiger partial charge in [0.15, 0.2) is 5.65 Å². The van der Waals surface area contributed by atoms with Crippen molar-refractivity contribution in [3.63, 3.8) is 0 Å². The fourth-order valence-corrected chi connectivity index (χ4v) is 2.16. The van der Waals surface area contributed by atoms with Crippen LogP contribution in [0.5, 0.6) is 5.75 Å². The van der Waals surface area contributed by atoms with E-state index in [4.69, 9.17) is 4.74 Å². The topological polar surface area (TPSA) is 50.8 Å². The summed E-state index contributed by atoms with van der Waals surface area (Å²) in [5, 5.41) is 0. The predicted octanol–water partition coefficient (Wildman–Crippen LogP) is 3.34. The van der Waals surface area contributed by atoms with E-state index in [1.807, 2.05) is 36.4 Å². The summed E-state index contributed by atoms with van der Waals surface area (Å²) in [7, 11) is 0. The lowest BCUT2D eigenvalue weighted by Gasteiger charge is -2.03. The van der Waals surface area contributed by atoms with Gasteiger partial charge >= 0.3 is 0 Å². The Labute approximate surface area is 119 Å². The maximum absolute atomic E-state index is 5.64. The minimum absolute atomic E-state index is 0.588. The molecule has 1 aromatic carbocycles. The van der Waals surface area contributed by atoms with Crippen molar-refractivity contribution in [1.29, 1.82) is 0 Å². The van der Waals surface area contributed by atoms with Gasteiger partial charge in [0.25, 0.3) is 0 Å². The highest BCUT2D eigenvalue weighted by molar-refractivity contribution is 9.10. The first-order valence-electron chi connectivity index (χ1n) is 5.99. The first-order valence-corrected chi connectivity index (χ1v) is 6.78. The molecule has 0 saturated heterocycles. The maximum atomic E-state index is 5.64. The van der Waals surface area contributed by atoms with Crippen LogP contribution in [0.25, 0.3) is 11.2 Å². The number of imidazole rings is 1. The number of para-hydroxylation sites is 1. The van der Waals surface area contributed by atoms with Crippen molar-refractivity contribution in [2.24, 2.45) is 0 Å². The van der Waals surface area contributed by atoms with Gasteiger partial charge in [-0.2, -0.15) is 0 Å². The highest BCUT2D eigenvalue weighted by Crippen LogP contribution is 2.15. The van der Waals surface area contributed by atoms with Crippen LogP contribution in [-0.4, -0.2) is 21.6 Å². The number of halogens is 1. The van der Waals surface area contributed by atoms with Gasteiger partial charge in [-0.15, -0.1) is 0 Å². The molecule has 4 nitrogen and oxygen atoms in total. The van der Waals surface area contributed by atoms with Crippen molar-refractivity contribution in [2.45, 2.75) is 6.42 Å². The molecule has 3 aromatic rings. The number of nitrogens with zero attached hydrogens (tertiary/aromatic N) is 2. The molecule has 96 valence electrons. The SMILES string of the molecule is Brc1cnc2nc(CCOc3ccccc3)[nH]c2c1. The Kier molecular flexibility index (Phi) is 3.46. The number of rotatable bonds is 4. The minimum Gasteiger partial charge on any atom is -0.493 e. The van der Waals surface area contributed by atoms with Gasteiger partial charge in [-0.3, -0.25) is 0 Å². The molecule has 0 aliphatic rings. The van der Waals surface area contributed by atoms with Crippen molar-refractivity contribution >= 4 is 27.1 Å². The average Bonchev–Trinajstić information content (AvgIpc) is 2.82. The number of hydrogen-bond donors (Lipinski definition) is 1. The van der Waals surface area contributed by atoms with Crippen LogP contribution < -0.4 is 4.74 Å². The monoisotopic (exact) mass is 317 g/mol. The zero-order chi connectivity index (χ0) is 13.1. The molecule has 2 aromatic heterocycles. The second-order valence-electron chi connectivity index (χ2n) is 4.12. The Morgan fingerprint density at radius 2 is 2.05 bits per heavy atom. The van der Waals surface area contributed by atoms with Gasteiger partial charge in [0.05, 0.1) is 12.1 Å². The zero-order valence-corrected chi connectivity index (χ0v) is 11.7. The second kappa shape index (κ2) is 5.40. The van der Waals surface area contributed by atoms with E-state index in [1.54, 1.807) is 6.20 Å². The maximum Gasteiger partial charge on any atom is 0.177 e. The molecule has 0 amide bonds. The summed E-state index contributed by atoms with van der Waals surface area (Å²) in [6, 6.07) is 11.7. The Morgan fingerprint density at radius 3 is 2.89 bits per heavy atom. The third-order valence-corrected chi connectivity index (χ3v) is 3.14. The highest BCUT2D eigenvalue weighted by Gasteiger charge is 2.04. The molecular weight excluding hydrogens is 306 g/mol. The number of hydrogen-bond acceptors (Lipinski definition) is 3. The number of aromatic amines is 1. The van der Waals surface area contributed by atoms with Gasteiger partial charge in [0, 0.05) is 17.1 Å². The fourth-order valence-electron chi connectivity index (χ4n) is 1.83. The number of aromatic nitrogens is 3. The molecule has 0 spiro atoms. The molecule has 0 aliphatic heterocycles. The normalized spacial score (nSPS) is 10.8. The zero-order valence-electron chi connectivity index (χ0n) is 10.1. The molecule has 0 saturated carbocycles. The van der Waals surface area contributed by atoms with Crippen LogP contribution >= 0.6 is 15.9 Å². The van der Waals surface area contributed by atoms with E-state index in [2.05, 4.69) is 30.9 Å². The highest BCUT2D eigenvalue weighted by atomic mass is 79.9. The lowest BCUT2D eigenvalue weighted by atomic mass is 10.3. The summed E-state index contributed by atoms with van der Waals surface area (Å²) >= 11 is 3.39. The molecule has 19 heavy (non-hydrogen) atoms. The molecule has 0 fully saturated rings. The van der Waals surface area contributed by atoms with Crippen LogP contribution in [0.2, 0.25) is 0 Å². The summed E-state index contributed by atoms with van der Waals surface area (Å²) in [4.78, 5) is 11.9. The molecule has 0 atom stereocenters. The summed E-state index contributed by atoms with van der Waals surface area (Å²) in [6.45, 7) is 0.588. The Bertz CT molecular complexity index is 681. The van der Waals surface area contributed by atoms with E-state index < -0.39 is 0 Å². The Balaban J connectivity index is 1.65. The number of pyridine rings is 1. The van der Waals surface area contributed by atoms with E-state index in [-0.39, 0.29) is 0 Å². The minimum atomic E-state index is 0.588. The summed E-state index contributed by atoms with van der Waals surface area (Å²) < 4.78 is 6.58. The molecular formula is C14H12BrN3O. The van der Waals surface area contributed by atoms with Gasteiger partial charge in [-0.1, -0.05) is 18.2 Å². The molecule has 0 aliphatic carbocycles. The number of fused-ring (bicyclic) bond motifs is 1. The standard InChI is InChI=1S/C14H12BrN3O/c15-10-8-12-14(16-9-10)18-13(17-12)6-7-19-11-4-2-1-3-5-11/h1-5,8-9H,6-7H2,(H,16,17,18). The first-order chi connectivity index (χ1) is 9.31. The van der Waals surface area contributed by atoms with E-state index in [9.17, 15) is 0 Å². The van der Waals surface area contributed by atoms with Gasteiger partial charge in [0.2, 0.25) is 0 Å². The Hall–Kier alpha value is -1.88. The number of H-pyrrole nitrogens is 1. The number of ether oxygens (including phenoxy) is 1. The van der Waals surface area contributed by atoms with Crippen molar-refractivity contribution < 1.29 is 4.74 Å².